The Kier molecular flexibility index (Phi) is 10.6. The number of fused-ring (bicyclic) bond motifs is 2. The Morgan fingerprint density at radius 2 is 1.43 bits per heavy atom. The number of hydrogen-bond acceptors (Lipinski definition) is 14. The Labute approximate surface area is 346 Å². The lowest BCUT2D eigenvalue weighted by atomic mass is 10.0. The number of aromatic nitrogens is 4. The number of carbonyl (C=O) groups is 5. The first-order chi connectivity index (χ1) is 29.0. The zero-order valence-corrected chi connectivity index (χ0v) is 34.0. The molecule has 1 atom stereocenters. The number of Topliss-reactive ketones (excluding diaryl/α,β-unsaturated/α-hetero) is 1. The van der Waals surface area contributed by atoms with E-state index in [4.69, 9.17) is 4.98 Å². The SMILES string of the molecule is CC(=O)c1c(C)c2cnc(Nc3ccc(N4CCN(CCN5CCN(c6ccc7c(c6)C(=O)N(C6CCC(=O)NC6=O)C7=O)CC5)CC4)cn3)nc2n(C2CCCC2)c1=O. The van der Waals surface area contributed by atoms with E-state index in [0.29, 0.717) is 39.5 Å². The molecule has 4 fully saturated rings. The third-order valence-corrected chi connectivity index (χ3v) is 12.9. The van der Waals surface area contributed by atoms with E-state index in [2.05, 4.69) is 40.2 Å². The van der Waals surface area contributed by atoms with Crippen molar-refractivity contribution in [2.24, 2.45) is 0 Å². The fraction of sp³-hybridized carbons (Fsp3) is 0.465. The van der Waals surface area contributed by atoms with Crippen LogP contribution in [0.25, 0.3) is 11.0 Å². The van der Waals surface area contributed by atoms with Crippen molar-refractivity contribution >= 4 is 63.6 Å². The summed E-state index contributed by atoms with van der Waals surface area (Å²) in [5.41, 5.74) is 3.60. The van der Waals surface area contributed by atoms with E-state index in [-0.39, 0.29) is 35.8 Å². The van der Waals surface area contributed by atoms with Gasteiger partial charge in [0.2, 0.25) is 17.8 Å². The van der Waals surface area contributed by atoms with Crippen LogP contribution in [-0.2, 0) is 9.59 Å². The van der Waals surface area contributed by atoms with Crippen LogP contribution < -0.4 is 26.0 Å². The van der Waals surface area contributed by atoms with Gasteiger partial charge in [-0.15, -0.1) is 0 Å². The van der Waals surface area contributed by atoms with Crippen molar-refractivity contribution in [2.75, 3.05) is 80.6 Å². The number of nitrogens with zero attached hydrogens (tertiary/aromatic N) is 9. The molecule has 4 aromatic rings. The van der Waals surface area contributed by atoms with Gasteiger partial charge in [-0.2, -0.15) is 4.98 Å². The number of hydrogen-bond donors (Lipinski definition) is 2. The smallest absolute Gasteiger partial charge is 0.263 e. The van der Waals surface area contributed by atoms with E-state index >= 15 is 0 Å². The Balaban J connectivity index is 0.752. The largest absolute Gasteiger partial charge is 0.369 e. The molecule has 0 bridgehead atoms. The van der Waals surface area contributed by atoms with Crippen LogP contribution in [0.1, 0.15) is 88.1 Å². The normalized spacial score (nSPS) is 20.6. The van der Waals surface area contributed by atoms with Gasteiger partial charge in [-0.25, -0.2) is 9.97 Å². The van der Waals surface area contributed by atoms with Gasteiger partial charge in [-0.05, 0) is 69.0 Å². The number of anilines is 4. The zero-order chi connectivity index (χ0) is 41.7. The number of nitrogens with one attached hydrogen (secondary N) is 2. The lowest BCUT2D eigenvalue weighted by molar-refractivity contribution is -0.136. The van der Waals surface area contributed by atoms with Crippen LogP contribution in [0.5, 0.6) is 0 Å². The highest BCUT2D eigenvalue weighted by Crippen LogP contribution is 2.33. The summed E-state index contributed by atoms with van der Waals surface area (Å²) >= 11 is 0. The summed E-state index contributed by atoms with van der Waals surface area (Å²) < 4.78 is 1.71. The number of rotatable bonds is 10. The average Bonchev–Trinajstić information content (AvgIpc) is 3.86. The summed E-state index contributed by atoms with van der Waals surface area (Å²) in [7, 11) is 0. The molecule has 312 valence electrons. The molecule has 4 aliphatic heterocycles. The first-order valence-electron chi connectivity index (χ1n) is 21.0. The quantitative estimate of drug-likeness (QED) is 0.176. The molecule has 3 saturated heterocycles. The molecule has 7 heterocycles. The highest BCUT2D eigenvalue weighted by atomic mass is 16.2. The number of imide groups is 2. The Bertz CT molecular complexity index is 2450. The number of piperidine rings is 1. The number of ketones is 1. The summed E-state index contributed by atoms with van der Waals surface area (Å²) in [5.74, 6) is -1.29. The second-order valence-corrected chi connectivity index (χ2v) is 16.5. The third kappa shape index (κ3) is 7.40. The van der Waals surface area contributed by atoms with Crippen molar-refractivity contribution in [3.8, 4) is 0 Å². The molecule has 9 rings (SSSR count). The molecule has 1 aromatic carbocycles. The van der Waals surface area contributed by atoms with Crippen LogP contribution >= 0.6 is 0 Å². The van der Waals surface area contributed by atoms with Gasteiger partial charge in [-0.1, -0.05) is 12.8 Å². The van der Waals surface area contributed by atoms with Crippen LogP contribution in [0.15, 0.2) is 47.5 Å². The summed E-state index contributed by atoms with van der Waals surface area (Å²) in [6.07, 6.45) is 7.61. The van der Waals surface area contributed by atoms with Crippen molar-refractivity contribution in [1.82, 2.24) is 39.5 Å². The van der Waals surface area contributed by atoms with Gasteiger partial charge >= 0.3 is 0 Å². The van der Waals surface area contributed by atoms with Gasteiger partial charge in [-0.3, -0.25) is 53.4 Å². The summed E-state index contributed by atoms with van der Waals surface area (Å²) in [6, 6.07) is 8.31. The van der Waals surface area contributed by atoms with E-state index in [1.54, 1.807) is 29.8 Å². The fourth-order valence-corrected chi connectivity index (χ4v) is 9.47. The summed E-state index contributed by atoms with van der Waals surface area (Å²) in [4.78, 5) is 101. The van der Waals surface area contributed by atoms with E-state index < -0.39 is 29.7 Å². The van der Waals surface area contributed by atoms with E-state index in [1.807, 2.05) is 24.4 Å². The molecular weight excluding hydrogens is 767 g/mol. The monoisotopic (exact) mass is 815 g/mol. The first-order valence-corrected chi connectivity index (χ1v) is 21.0. The van der Waals surface area contributed by atoms with Crippen LogP contribution in [-0.4, -0.2) is 135 Å². The van der Waals surface area contributed by atoms with E-state index in [0.717, 1.165) is 107 Å². The maximum Gasteiger partial charge on any atom is 0.263 e. The van der Waals surface area contributed by atoms with Gasteiger partial charge in [0.1, 0.15) is 17.5 Å². The minimum Gasteiger partial charge on any atom is -0.369 e. The van der Waals surface area contributed by atoms with Crippen LogP contribution in [0.4, 0.5) is 23.1 Å². The van der Waals surface area contributed by atoms with Gasteiger partial charge in [0.05, 0.1) is 28.6 Å². The van der Waals surface area contributed by atoms with Gasteiger partial charge in [0.15, 0.2) is 5.78 Å². The number of benzene rings is 1. The Morgan fingerprint density at radius 3 is 2.07 bits per heavy atom. The molecule has 4 amide bonds. The zero-order valence-electron chi connectivity index (χ0n) is 34.0. The maximum absolute atomic E-state index is 13.6. The topological polar surface area (TPSA) is 186 Å². The molecule has 60 heavy (non-hydrogen) atoms. The number of piperazine rings is 2. The van der Waals surface area contributed by atoms with Gasteiger partial charge in [0.25, 0.3) is 17.4 Å². The standard InChI is InChI=1S/C43H49N11O6/c1-26-33-25-45-43(48-38(33)53(28-5-3-4-6-28)42(60)37(26)27(2)55)46-35-11-8-30(24-44-35)52-21-17-50(18-22-52)14-13-49-15-19-51(20-16-49)29-7-9-31-32(23-29)41(59)54(40(31)58)34-10-12-36(56)47-39(34)57/h7-9,11,23-25,28,34H,3-6,10,12-22H2,1-2H3,(H,47,56,57)(H,44,45,46,48). The molecule has 17 heteroatoms. The first kappa shape index (κ1) is 39.4. The second-order valence-electron chi connectivity index (χ2n) is 16.5. The van der Waals surface area contributed by atoms with Crippen molar-refractivity contribution < 1.29 is 24.0 Å². The van der Waals surface area contributed by atoms with E-state index in [9.17, 15) is 28.8 Å². The van der Waals surface area contributed by atoms with Crippen LogP contribution in [0.2, 0.25) is 0 Å². The van der Waals surface area contributed by atoms with Crippen LogP contribution in [0.3, 0.4) is 0 Å². The predicted molar refractivity (Wildman–Crippen MR) is 224 cm³/mol. The average molecular weight is 816 g/mol. The van der Waals surface area contributed by atoms with Gasteiger partial charge in [0, 0.05) is 95.2 Å². The highest BCUT2D eigenvalue weighted by molar-refractivity contribution is 6.23. The lowest BCUT2D eigenvalue weighted by Crippen LogP contribution is -2.54. The van der Waals surface area contributed by atoms with E-state index in [1.165, 1.54) is 6.92 Å². The molecule has 1 saturated carbocycles. The minimum absolute atomic E-state index is 0.00692. The molecule has 2 N–H and O–H groups in total. The van der Waals surface area contributed by atoms with Crippen molar-refractivity contribution in [3.05, 3.63) is 75.3 Å². The molecular formula is C43H49N11O6. The molecule has 1 unspecified atom stereocenters. The summed E-state index contributed by atoms with van der Waals surface area (Å²) in [6.45, 7) is 12.1. The van der Waals surface area contributed by atoms with Gasteiger partial charge < -0.3 is 15.1 Å². The lowest BCUT2D eigenvalue weighted by Gasteiger charge is -2.39. The molecule has 0 spiro atoms. The Morgan fingerprint density at radius 1 is 0.783 bits per heavy atom. The predicted octanol–water partition coefficient (Wildman–Crippen LogP) is 2.90. The van der Waals surface area contributed by atoms with Crippen molar-refractivity contribution in [3.63, 3.8) is 0 Å². The minimum atomic E-state index is -0.975. The molecule has 0 radical (unpaired) electrons. The number of pyridine rings is 2. The number of amides is 4. The summed E-state index contributed by atoms with van der Waals surface area (Å²) in [5, 5.41) is 6.17. The third-order valence-electron chi connectivity index (χ3n) is 12.9. The number of aryl methyl sites for hydroxylation is 1. The number of carbonyl (C=O) groups excluding carboxylic acids is 5. The molecule has 1 aliphatic carbocycles. The highest BCUT2D eigenvalue weighted by Gasteiger charge is 2.45. The maximum atomic E-state index is 13.6. The van der Waals surface area contributed by atoms with Crippen LogP contribution in [0, 0.1) is 6.92 Å². The fourth-order valence-electron chi connectivity index (χ4n) is 9.47. The molecule has 17 nitrogen and oxygen atoms in total. The van der Waals surface area contributed by atoms with Crippen molar-refractivity contribution in [1.29, 1.82) is 0 Å². The van der Waals surface area contributed by atoms with Crippen molar-refractivity contribution in [2.45, 2.75) is 64.5 Å². The molecule has 5 aliphatic rings. The Hall–Kier alpha value is -6.07. The molecule has 3 aromatic heterocycles. The second kappa shape index (κ2) is 16.2.